The first-order valence-electron chi connectivity index (χ1n) is 6.66. The van der Waals surface area contributed by atoms with E-state index in [-0.39, 0.29) is 11.7 Å². The number of nitrogens with zero attached hydrogens (tertiary/aromatic N) is 1. The molecule has 2 aliphatic heterocycles. The minimum Gasteiger partial charge on any atom is -0.507 e. The Morgan fingerprint density at radius 1 is 1.42 bits per heavy atom. The van der Waals surface area contributed by atoms with Crippen LogP contribution in [0, 0.1) is 9.49 Å². The van der Waals surface area contributed by atoms with Crippen molar-refractivity contribution in [1.29, 1.82) is 0 Å². The number of piperidine rings is 1. The summed E-state index contributed by atoms with van der Waals surface area (Å²) in [6.07, 6.45) is 2.41. The SMILES string of the molecule is O=C(c1ccc(I)c(O)c1)N1CC2CCCNC2C1. The molecule has 1 amide bonds. The fourth-order valence-corrected chi connectivity index (χ4v) is 3.38. The van der Waals surface area contributed by atoms with Crippen molar-refractivity contribution in [2.24, 2.45) is 5.92 Å². The zero-order valence-corrected chi connectivity index (χ0v) is 12.8. The normalized spacial score (nSPS) is 26.3. The lowest BCUT2D eigenvalue weighted by Gasteiger charge is -2.24. The van der Waals surface area contributed by atoms with E-state index in [9.17, 15) is 9.90 Å². The number of halogens is 1. The van der Waals surface area contributed by atoms with Crippen LogP contribution in [0.25, 0.3) is 0 Å². The van der Waals surface area contributed by atoms with Crippen LogP contribution in [0.2, 0.25) is 0 Å². The van der Waals surface area contributed by atoms with Gasteiger partial charge >= 0.3 is 0 Å². The molecule has 0 radical (unpaired) electrons. The molecule has 2 fully saturated rings. The maximum Gasteiger partial charge on any atom is 0.254 e. The van der Waals surface area contributed by atoms with Gasteiger partial charge in [-0.2, -0.15) is 0 Å². The van der Waals surface area contributed by atoms with Crippen LogP contribution in [0.4, 0.5) is 0 Å². The third-order valence-corrected chi connectivity index (χ3v) is 4.99. The third kappa shape index (κ3) is 2.58. The first-order valence-corrected chi connectivity index (χ1v) is 7.74. The van der Waals surface area contributed by atoms with Crippen molar-refractivity contribution in [2.45, 2.75) is 18.9 Å². The number of nitrogens with one attached hydrogen (secondary N) is 1. The van der Waals surface area contributed by atoms with Crippen molar-refractivity contribution >= 4 is 28.5 Å². The number of amides is 1. The second kappa shape index (κ2) is 5.28. The molecule has 2 atom stereocenters. The molecule has 2 unspecified atom stereocenters. The van der Waals surface area contributed by atoms with Gasteiger partial charge in [0, 0.05) is 24.7 Å². The highest BCUT2D eigenvalue weighted by atomic mass is 127. The van der Waals surface area contributed by atoms with Gasteiger partial charge < -0.3 is 15.3 Å². The Morgan fingerprint density at radius 3 is 3.00 bits per heavy atom. The first kappa shape index (κ1) is 13.2. The Balaban J connectivity index is 1.75. The number of carbonyl (C=O) groups is 1. The molecule has 5 heteroatoms. The van der Waals surface area contributed by atoms with Gasteiger partial charge in [-0.05, 0) is 66.1 Å². The van der Waals surface area contributed by atoms with Gasteiger partial charge in [0.25, 0.3) is 5.91 Å². The number of phenols is 1. The Labute approximate surface area is 126 Å². The average Bonchev–Trinajstić information content (AvgIpc) is 2.85. The number of rotatable bonds is 1. The molecule has 2 heterocycles. The fourth-order valence-electron chi connectivity index (χ4n) is 3.04. The quantitative estimate of drug-likeness (QED) is 0.740. The summed E-state index contributed by atoms with van der Waals surface area (Å²) in [5.74, 6) is 0.805. The van der Waals surface area contributed by atoms with Crippen LogP contribution in [-0.4, -0.2) is 41.6 Å². The Morgan fingerprint density at radius 2 is 2.26 bits per heavy atom. The zero-order valence-electron chi connectivity index (χ0n) is 10.6. The van der Waals surface area contributed by atoms with E-state index in [1.54, 1.807) is 18.2 Å². The molecule has 2 saturated heterocycles. The van der Waals surface area contributed by atoms with E-state index < -0.39 is 0 Å². The summed E-state index contributed by atoms with van der Waals surface area (Å²) in [5.41, 5.74) is 0.580. The number of phenolic OH excluding ortho intramolecular Hbond substituents is 1. The van der Waals surface area contributed by atoms with Crippen LogP contribution in [0.3, 0.4) is 0 Å². The Kier molecular flexibility index (Phi) is 3.66. The highest BCUT2D eigenvalue weighted by Gasteiger charge is 2.36. The number of hydrogen-bond donors (Lipinski definition) is 2. The smallest absolute Gasteiger partial charge is 0.254 e. The van der Waals surface area contributed by atoms with Crippen LogP contribution in [0.5, 0.6) is 5.75 Å². The topological polar surface area (TPSA) is 52.6 Å². The number of benzene rings is 1. The maximum absolute atomic E-state index is 12.4. The van der Waals surface area contributed by atoms with Crippen molar-refractivity contribution in [2.75, 3.05) is 19.6 Å². The lowest BCUT2D eigenvalue weighted by Crippen LogP contribution is -2.41. The molecule has 1 aromatic carbocycles. The molecule has 1 aromatic rings. The van der Waals surface area contributed by atoms with Crippen molar-refractivity contribution < 1.29 is 9.90 Å². The molecule has 102 valence electrons. The van der Waals surface area contributed by atoms with Gasteiger partial charge in [0.15, 0.2) is 0 Å². The molecule has 0 aromatic heterocycles. The summed E-state index contributed by atoms with van der Waals surface area (Å²) in [6, 6.07) is 5.60. The second-order valence-electron chi connectivity index (χ2n) is 5.34. The van der Waals surface area contributed by atoms with Crippen LogP contribution in [-0.2, 0) is 0 Å². The highest BCUT2D eigenvalue weighted by Crippen LogP contribution is 2.27. The summed E-state index contributed by atoms with van der Waals surface area (Å²) in [7, 11) is 0. The van der Waals surface area contributed by atoms with Crippen molar-refractivity contribution in [3.8, 4) is 5.75 Å². The van der Waals surface area contributed by atoms with E-state index in [1.807, 2.05) is 4.90 Å². The van der Waals surface area contributed by atoms with Crippen molar-refractivity contribution in [3.63, 3.8) is 0 Å². The van der Waals surface area contributed by atoms with Gasteiger partial charge in [0.1, 0.15) is 5.75 Å². The summed E-state index contributed by atoms with van der Waals surface area (Å²) in [4.78, 5) is 14.4. The van der Waals surface area contributed by atoms with Crippen LogP contribution in [0.15, 0.2) is 18.2 Å². The van der Waals surface area contributed by atoms with Crippen LogP contribution < -0.4 is 5.32 Å². The molecule has 0 spiro atoms. The number of aromatic hydroxyl groups is 1. The van der Waals surface area contributed by atoms with Gasteiger partial charge in [0.2, 0.25) is 0 Å². The predicted octanol–water partition coefficient (Wildman–Crippen LogP) is 1.82. The monoisotopic (exact) mass is 372 g/mol. The lowest BCUT2D eigenvalue weighted by atomic mass is 9.94. The van der Waals surface area contributed by atoms with Crippen LogP contribution >= 0.6 is 22.6 Å². The minimum absolute atomic E-state index is 0.0305. The van der Waals surface area contributed by atoms with Crippen LogP contribution in [0.1, 0.15) is 23.2 Å². The third-order valence-electron chi connectivity index (χ3n) is 4.08. The molecular formula is C14H17IN2O2. The van der Waals surface area contributed by atoms with Gasteiger partial charge in [-0.25, -0.2) is 0 Å². The Bertz CT molecular complexity index is 492. The standard InChI is InChI=1S/C14H17IN2O2/c15-11-4-3-9(6-13(11)18)14(19)17-7-10-2-1-5-16-12(10)8-17/h3-4,6,10,12,16,18H,1-2,5,7-8H2. The minimum atomic E-state index is 0.0305. The largest absolute Gasteiger partial charge is 0.507 e. The molecular weight excluding hydrogens is 355 g/mol. The van der Waals surface area contributed by atoms with E-state index in [2.05, 4.69) is 27.9 Å². The van der Waals surface area contributed by atoms with Gasteiger partial charge in [-0.3, -0.25) is 4.79 Å². The number of hydrogen-bond acceptors (Lipinski definition) is 3. The first-order chi connectivity index (χ1) is 9.15. The zero-order chi connectivity index (χ0) is 13.4. The summed E-state index contributed by atoms with van der Waals surface area (Å²) < 4.78 is 0.769. The average molecular weight is 372 g/mol. The Hall–Kier alpha value is -0.820. The van der Waals surface area contributed by atoms with E-state index in [0.29, 0.717) is 17.5 Å². The van der Waals surface area contributed by atoms with E-state index in [0.717, 1.165) is 23.2 Å². The van der Waals surface area contributed by atoms with E-state index in [4.69, 9.17) is 0 Å². The van der Waals surface area contributed by atoms with Gasteiger partial charge in [0.05, 0.1) is 3.57 Å². The van der Waals surface area contributed by atoms with Gasteiger partial charge in [-0.1, -0.05) is 0 Å². The van der Waals surface area contributed by atoms with E-state index >= 15 is 0 Å². The number of carbonyl (C=O) groups excluding carboxylic acids is 1. The van der Waals surface area contributed by atoms with Crippen molar-refractivity contribution in [1.82, 2.24) is 10.2 Å². The fraction of sp³-hybridized carbons (Fsp3) is 0.500. The molecule has 0 aliphatic carbocycles. The molecule has 0 bridgehead atoms. The van der Waals surface area contributed by atoms with Crippen molar-refractivity contribution in [3.05, 3.63) is 27.3 Å². The summed E-state index contributed by atoms with van der Waals surface area (Å²) in [5, 5.41) is 13.2. The molecule has 2 N–H and O–H groups in total. The summed E-state index contributed by atoms with van der Waals surface area (Å²) >= 11 is 2.05. The number of fused-ring (bicyclic) bond motifs is 1. The maximum atomic E-state index is 12.4. The lowest BCUT2D eigenvalue weighted by molar-refractivity contribution is 0.0785. The summed E-state index contributed by atoms with van der Waals surface area (Å²) in [6.45, 7) is 2.69. The molecule has 19 heavy (non-hydrogen) atoms. The molecule has 2 aliphatic rings. The number of likely N-dealkylation sites (tertiary alicyclic amines) is 1. The molecule has 3 rings (SSSR count). The predicted molar refractivity (Wildman–Crippen MR) is 81.2 cm³/mol. The molecule has 0 saturated carbocycles. The molecule has 4 nitrogen and oxygen atoms in total. The second-order valence-corrected chi connectivity index (χ2v) is 6.50. The highest BCUT2D eigenvalue weighted by molar-refractivity contribution is 14.1. The van der Waals surface area contributed by atoms with E-state index in [1.165, 1.54) is 12.8 Å². The van der Waals surface area contributed by atoms with Gasteiger partial charge in [-0.15, -0.1) is 0 Å².